The summed E-state index contributed by atoms with van der Waals surface area (Å²) in [6, 6.07) is 15.3. The summed E-state index contributed by atoms with van der Waals surface area (Å²) in [7, 11) is 0. The molecule has 1 heterocycles. The summed E-state index contributed by atoms with van der Waals surface area (Å²) in [5, 5.41) is 6.43. The summed E-state index contributed by atoms with van der Waals surface area (Å²) in [6.07, 6.45) is 1.76. The van der Waals surface area contributed by atoms with Crippen LogP contribution < -0.4 is 10.6 Å². The molecule has 0 aliphatic rings. The number of halogens is 1. The van der Waals surface area contributed by atoms with E-state index in [9.17, 15) is 4.79 Å². The molecule has 3 aromatic rings. The van der Waals surface area contributed by atoms with Gasteiger partial charge in [0.15, 0.2) is 5.78 Å². The molecule has 3 rings (SSSR count). The van der Waals surface area contributed by atoms with Gasteiger partial charge < -0.3 is 10.6 Å². The lowest BCUT2D eigenvalue weighted by Gasteiger charge is -2.11. The van der Waals surface area contributed by atoms with Gasteiger partial charge in [-0.15, -0.1) is 0 Å². The number of aromatic nitrogens is 2. The maximum atomic E-state index is 11.7. The second-order valence-electron chi connectivity index (χ2n) is 5.59. The average molecular weight is 397 g/mol. The first kappa shape index (κ1) is 17.1. The van der Waals surface area contributed by atoms with Crippen molar-refractivity contribution in [2.24, 2.45) is 0 Å². The fourth-order valence-electron chi connectivity index (χ4n) is 2.29. The molecule has 0 bridgehead atoms. The second-order valence-corrected chi connectivity index (χ2v) is 6.45. The van der Waals surface area contributed by atoms with Gasteiger partial charge in [-0.3, -0.25) is 4.79 Å². The molecular weight excluding hydrogens is 380 g/mol. The Morgan fingerprint density at radius 3 is 2.52 bits per heavy atom. The van der Waals surface area contributed by atoms with Crippen LogP contribution in [-0.4, -0.2) is 15.8 Å². The van der Waals surface area contributed by atoms with E-state index in [-0.39, 0.29) is 5.78 Å². The van der Waals surface area contributed by atoms with Gasteiger partial charge in [-0.25, -0.2) is 4.98 Å². The number of nitrogens with one attached hydrogen (secondary N) is 2. The van der Waals surface area contributed by atoms with E-state index in [1.807, 2.05) is 49.4 Å². The van der Waals surface area contributed by atoms with E-state index in [1.165, 1.54) is 6.92 Å². The largest absolute Gasteiger partial charge is 0.340 e. The number of nitrogens with zero attached hydrogens (tertiary/aromatic N) is 2. The monoisotopic (exact) mass is 396 g/mol. The lowest BCUT2D eigenvalue weighted by molar-refractivity contribution is 0.101. The van der Waals surface area contributed by atoms with Gasteiger partial charge in [0, 0.05) is 33.2 Å². The molecule has 0 amide bonds. The van der Waals surface area contributed by atoms with Crippen molar-refractivity contribution in [1.29, 1.82) is 0 Å². The van der Waals surface area contributed by atoms with Crippen molar-refractivity contribution < 1.29 is 4.79 Å². The van der Waals surface area contributed by atoms with Crippen LogP contribution in [0, 0.1) is 6.92 Å². The van der Waals surface area contributed by atoms with Crippen molar-refractivity contribution in [3.8, 4) is 0 Å². The number of benzene rings is 2. The third kappa shape index (κ3) is 4.22. The van der Waals surface area contributed by atoms with Crippen LogP contribution in [0.1, 0.15) is 22.8 Å². The van der Waals surface area contributed by atoms with Gasteiger partial charge in [-0.05, 0) is 44.2 Å². The average Bonchev–Trinajstić information content (AvgIpc) is 2.60. The smallest absolute Gasteiger partial charge is 0.229 e. The van der Waals surface area contributed by atoms with Gasteiger partial charge in [0.1, 0.15) is 5.82 Å². The zero-order valence-electron chi connectivity index (χ0n) is 13.9. The minimum Gasteiger partial charge on any atom is -0.340 e. The van der Waals surface area contributed by atoms with Crippen molar-refractivity contribution in [2.45, 2.75) is 13.8 Å². The normalized spacial score (nSPS) is 10.4. The predicted molar refractivity (Wildman–Crippen MR) is 104 cm³/mol. The highest BCUT2D eigenvalue weighted by Crippen LogP contribution is 2.24. The van der Waals surface area contributed by atoms with E-state index in [4.69, 9.17) is 0 Å². The minimum absolute atomic E-state index is 0.00761. The van der Waals surface area contributed by atoms with Crippen molar-refractivity contribution >= 4 is 44.9 Å². The zero-order valence-corrected chi connectivity index (χ0v) is 15.5. The molecule has 5 nitrogen and oxygen atoms in total. The Labute approximate surface area is 154 Å². The first-order chi connectivity index (χ1) is 12.0. The molecule has 126 valence electrons. The summed E-state index contributed by atoms with van der Waals surface area (Å²) in [4.78, 5) is 20.5. The summed E-state index contributed by atoms with van der Waals surface area (Å²) in [5.41, 5.74) is 3.26. The number of aryl methyl sites for hydroxylation is 1. The third-order valence-corrected chi connectivity index (χ3v) is 4.30. The van der Waals surface area contributed by atoms with Crippen molar-refractivity contribution in [2.75, 3.05) is 10.6 Å². The van der Waals surface area contributed by atoms with Gasteiger partial charge in [0.05, 0.1) is 0 Å². The van der Waals surface area contributed by atoms with Crippen LogP contribution in [-0.2, 0) is 0 Å². The summed E-state index contributed by atoms with van der Waals surface area (Å²) in [6.45, 7) is 3.48. The van der Waals surface area contributed by atoms with Gasteiger partial charge in [-0.2, -0.15) is 4.98 Å². The Morgan fingerprint density at radius 2 is 1.80 bits per heavy atom. The topological polar surface area (TPSA) is 66.9 Å². The quantitative estimate of drug-likeness (QED) is 0.577. The molecular formula is C19H17BrN4O. The molecule has 0 saturated carbocycles. The van der Waals surface area contributed by atoms with Gasteiger partial charge in [0.25, 0.3) is 0 Å². The first-order valence-corrected chi connectivity index (χ1v) is 8.55. The fourth-order valence-corrected chi connectivity index (χ4v) is 2.81. The Hall–Kier alpha value is -2.73. The standard InChI is InChI=1S/C19H17BrN4O/c1-12-11-21-19(24-18(12)22-14-6-4-3-5-7-14)23-15-8-9-17(20)16(10-15)13(2)25/h3-11H,1-2H3,(H2,21,22,23,24). The number of carbonyl (C=O) groups is 1. The van der Waals surface area contributed by atoms with Crippen molar-refractivity contribution in [1.82, 2.24) is 9.97 Å². The molecule has 0 aliphatic heterocycles. The molecule has 0 atom stereocenters. The Morgan fingerprint density at radius 1 is 1.04 bits per heavy atom. The third-order valence-electron chi connectivity index (χ3n) is 3.61. The summed E-state index contributed by atoms with van der Waals surface area (Å²) >= 11 is 3.38. The van der Waals surface area contributed by atoms with Crippen LogP contribution in [0.3, 0.4) is 0 Å². The van der Waals surface area contributed by atoms with E-state index in [0.29, 0.717) is 11.5 Å². The Balaban J connectivity index is 1.85. The number of carbonyl (C=O) groups excluding carboxylic acids is 1. The van der Waals surface area contributed by atoms with E-state index in [2.05, 4.69) is 36.5 Å². The number of ketones is 1. The Bertz CT molecular complexity index is 913. The molecule has 0 aliphatic carbocycles. The molecule has 25 heavy (non-hydrogen) atoms. The fraction of sp³-hybridized carbons (Fsp3) is 0.105. The van der Waals surface area contributed by atoms with Crippen LogP contribution in [0.2, 0.25) is 0 Å². The van der Waals surface area contributed by atoms with E-state index < -0.39 is 0 Å². The van der Waals surface area contributed by atoms with Crippen LogP contribution in [0.15, 0.2) is 59.2 Å². The SMILES string of the molecule is CC(=O)c1cc(Nc2ncc(C)c(Nc3ccccc3)n2)ccc1Br. The number of Topliss-reactive ketones (excluding diaryl/α,β-unsaturated/α-hetero) is 1. The van der Waals surface area contributed by atoms with Crippen LogP contribution in [0.5, 0.6) is 0 Å². The summed E-state index contributed by atoms with van der Waals surface area (Å²) in [5.74, 6) is 1.18. The highest BCUT2D eigenvalue weighted by Gasteiger charge is 2.09. The second kappa shape index (κ2) is 7.44. The van der Waals surface area contributed by atoms with Gasteiger partial charge >= 0.3 is 0 Å². The molecule has 0 fully saturated rings. The predicted octanol–water partition coefficient (Wildman–Crippen LogP) is 5.24. The molecule has 0 radical (unpaired) electrons. The van der Waals surface area contributed by atoms with E-state index in [0.717, 1.165) is 27.2 Å². The van der Waals surface area contributed by atoms with Gasteiger partial charge in [-0.1, -0.05) is 34.1 Å². The molecule has 6 heteroatoms. The minimum atomic E-state index is -0.00761. The number of hydrogen-bond acceptors (Lipinski definition) is 5. The van der Waals surface area contributed by atoms with Crippen LogP contribution in [0.4, 0.5) is 23.1 Å². The molecule has 2 aromatic carbocycles. The molecule has 1 aromatic heterocycles. The van der Waals surface area contributed by atoms with E-state index >= 15 is 0 Å². The summed E-state index contributed by atoms with van der Waals surface area (Å²) < 4.78 is 0.766. The highest BCUT2D eigenvalue weighted by atomic mass is 79.9. The highest BCUT2D eigenvalue weighted by molar-refractivity contribution is 9.10. The lowest BCUT2D eigenvalue weighted by atomic mass is 10.1. The number of para-hydroxylation sites is 1. The van der Waals surface area contributed by atoms with E-state index in [1.54, 1.807) is 12.3 Å². The van der Waals surface area contributed by atoms with Gasteiger partial charge in [0.2, 0.25) is 5.95 Å². The van der Waals surface area contributed by atoms with Crippen molar-refractivity contribution in [3.05, 3.63) is 70.3 Å². The van der Waals surface area contributed by atoms with Crippen LogP contribution >= 0.6 is 15.9 Å². The number of anilines is 4. The Kier molecular flexibility index (Phi) is 5.09. The maximum Gasteiger partial charge on any atom is 0.229 e. The number of rotatable bonds is 5. The number of hydrogen-bond donors (Lipinski definition) is 2. The first-order valence-electron chi connectivity index (χ1n) is 7.76. The zero-order chi connectivity index (χ0) is 17.8. The molecule has 2 N–H and O–H groups in total. The molecule has 0 spiro atoms. The lowest BCUT2D eigenvalue weighted by Crippen LogP contribution is -2.03. The molecule has 0 saturated heterocycles. The van der Waals surface area contributed by atoms with Crippen molar-refractivity contribution in [3.63, 3.8) is 0 Å². The van der Waals surface area contributed by atoms with Crippen LogP contribution in [0.25, 0.3) is 0 Å². The maximum absolute atomic E-state index is 11.7. The molecule has 0 unspecified atom stereocenters.